The zero-order valence-electron chi connectivity index (χ0n) is 10.8. The molecule has 0 amide bonds. The molecule has 1 unspecified atom stereocenters. The second-order valence-corrected chi connectivity index (χ2v) is 4.08. The van der Waals surface area contributed by atoms with Crippen molar-refractivity contribution in [1.82, 2.24) is 0 Å². The van der Waals surface area contributed by atoms with Crippen molar-refractivity contribution in [2.24, 2.45) is 0 Å². The molecule has 0 aliphatic carbocycles. The normalized spacial score (nSPS) is 13.9. The van der Waals surface area contributed by atoms with Crippen LogP contribution in [0.25, 0.3) is 0 Å². The fraction of sp³-hybridized carbons (Fsp3) is 0.500. The summed E-state index contributed by atoms with van der Waals surface area (Å²) in [7, 11) is 1.45. The highest BCUT2D eigenvalue weighted by atomic mass is 16.6. The smallest absolute Gasteiger partial charge is 0.270 e. The summed E-state index contributed by atoms with van der Waals surface area (Å²) >= 11 is 0. The lowest BCUT2D eigenvalue weighted by Gasteiger charge is -2.15. The fourth-order valence-electron chi connectivity index (χ4n) is 1.53. The van der Waals surface area contributed by atoms with E-state index in [1.165, 1.54) is 32.2 Å². The average Bonchev–Trinajstić information content (AvgIpc) is 2.36. The number of nitro benzene ring substituents is 1. The van der Waals surface area contributed by atoms with Crippen LogP contribution < -0.4 is 4.74 Å². The zero-order chi connectivity index (χ0) is 14.4. The van der Waals surface area contributed by atoms with Gasteiger partial charge in [-0.05, 0) is 13.0 Å². The molecule has 19 heavy (non-hydrogen) atoms. The van der Waals surface area contributed by atoms with Gasteiger partial charge in [0.25, 0.3) is 5.69 Å². The number of nitro groups is 1. The van der Waals surface area contributed by atoms with E-state index in [0.717, 1.165) is 0 Å². The van der Waals surface area contributed by atoms with Gasteiger partial charge in [-0.2, -0.15) is 0 Å². The zero-order valence-corrected chi connectivity index (χ0v) is 10.8. The third-order valence-corrected chi connectivity index (χ3v) is 2.44. The number of non-ortho nitro benzene ring substituents is 1. The summed E-state index contributed by atoms with van der Waals surface area (Å²) in [5.74, 6) is 0.302. The molecule has 0 heterocycles. The molecule has 0 radical (unpaired) electrons. The van der Waals surface area contributed by atoms with E-state index in [4.69, 9.17) is 9.47 Å². The van der Waals surface area contributed by atoms with E-state index in [-0.39, 0.29) is 18.9 Å². The average molecular weight is 271 g/mol. The Kier molecular flexibility index (Phi) is 5.68. The minimum atomic E-state index is -0.908. The van der Waals surface area contributed by atoms with Crippen LogP contribution in [0.1, 0.15) is 18.6 Å². The van der Waals surface area contributed by atoms with Gasteiger partial charge in [0, 0.05) is 24.8 Å². The molecule has 1 aromatic rings. The van der Waals surface area contributed by atoms with Crippen molar-refractivity contribution < 1.29 is 24.6 Å². The fourth-order valence-corrected chi connectivity index (χ4v) is 1.53. The van der Waals surface area contributed by atoms with Gasteiger partial charge in [-0.25, -0.2) is 0 Å². The first-order valence-electron chi connectivity index (χ1n) is 5.72. The Labute approximate surface area is 110 Å². The Morgan fingerprint density at radius 1 is 1.37 bits per heavy atom. The lowest BCUT2D eigenvalue weighted by molar-refractivity contribution is -0.385. The minimum Gasteiger partial charge on any atom is -0.490 e. The first-order chi connectivity index (χ1) is 8.95. The van der Waals surface area contributed by atoms with Crippen LogP contribution in [0.3, 0.4) is 0 Å². The van der Waals surface area contributed by atoms with Crippen LogP contribution in [-0.4, -0.2) is 41.6 Å². The van der Waals surface area contributed by atoms with Crippen LogP contribution in [0.4, 0.5) is 5.69 Å². The van der Waals surface area contributed by atoms with E-state index >= 15 is 0 Å². The van der Waals surface area contributed by atoms with Crippen molar-refractivity contribution >= 4 is 5.69 Å². The van der Waals surface area contributed by atoms with Crippen LogP contribution >= 0.6 is 0 Å². The van der Waals surface area contributed by atoms with E-state index in [2.05, 4.69) is 0 Å². The van der Waals surface area contributed by atoms with Crippen LogP contribution in [0.2, 0.25) is 0 Å². The molecule has 0 aliphatic heterocycles. The van der Waals surface area contributed by atoms with Gasteiger partial charge in [-0.3, -0.25) is 10.1 Å². The van der Waals surface area contributed by atoms with Gasteiger partial charge in [-0.1, -0.05) is 0 Å². The topological polar surface area (TPSA) is 102 Å². The van der Waals surface area contributed by atoms with Crippen molar-refractivity contribution in [2.45, 2.75) is 19.1 Å². The first kappa shape index (κ1) is 15.4. The number of hydrogen-bond donors (Lipinski definition) is 2. The van der Waals surface area contributed by atoms with E-state index in [0.29, 0.717) is 11.3 Å². The highest BCUT2D eigenvalue weighted by molar-refractivity contribution is 5.44. The quantitative estimate of drug-likeness (QED) is 0.567. The summed E-state index contributed by atoms with van der Waals surface area (Å²) < 4.78 is 10.1. The third kappa shape index (κ3) is 4.47. The molecular formula is C12H17NO6. The van der Waals surface area contributed by atoms with Gasteiger partial charge in [0.1, 0.15) is 18.5 Å². The molecule has 0 saturated heterocycles. The first-order valence-corrected chi connectivity index (χ1v) is 5.72. The summed E-state index contributed by atoms with van der Waals surface area (Å²) in [5.41, 5.74) is 0.180. The molecule has 0 aromatic heterocycles. The molecule has 0 bridgehead atoms. The van der Waals surface area contributed by atoms with Crippen LogP contribution in [-0.2, 0) is 4.74 Å². The summed E-state index contributed by atoms with van der Waals surface area (Å²) in [5, 5.41) is 29.7. The number of aliphatic hydroxyl groups is 2. The molecule has 2 atom stereocenters. The van der Waals surface area contributed by atoms with Crippen LogP contribution in [0.15, 0.2) is 18.2 Å². The molecular weight excluding hydrogens is 254 g/mol. The van der Waals surface area contributed by atoms with Gasteiger partial charge in [0.05, 0.1) is 17.6 Å². The number of methoxy groups -OCH3 is 1. The van der Waals surface area contributed by atoms with Crippen molar-refractivity contribution in [3.63, 3.8) is 0 Å². The van der Waals surface area contributed by atoms with E-state index < -0.39 is 17.1 Å². The Hall–Kier alpha value is -1.70. The molecule has 0 fully saturated rings. The number of aliphatic hydroxyl groups excluding tert-OH is 2. The monoisotopic (exact) mass is 271 g/mol. The highest BCUT2D eigenvalue weighted by Gasteiger charge is 2.16. The van der Waals surface area contributed by atoms with Gasteiger partial charge in [0.15, 0.2) is 0 Å². The summed E-state index contributed by atoms with van der Waals surface area (Å²) in [6.07, 6.45) is -1.71. The van der Waals surface area contributed by atoms with Crippen molar-refractivity contribution in [2.75, 3.05) is 20.3 Å². The van der Waals surface area contributed by atoms with E-state index in [9.17, 15) is 20.3 Å². The van der Waals surface area contributed by atoms with Crippen molar-refractivity contribution in [1.29, 1.82) is 0 Å². The Balaban J connectivity index is 2.85. The van der Waals surface area contributed by atoms with Crippen LogP contribution in [0, 0.1) is 10.1 Å². The molecule has 7 heteroatoms. The van der Waals surface area contributed by atoms with Gasteiger partial charge < -0.3 is 19.7 Å². The summed E-state index contributed by atoms with van der Waals surface area (Å²) in [6, 6.07) is 3.94. The number of nitrogens with zero attached hydrogens (tertiary/aromatic N) is 1. The second kappa shape index (κ2) is 7.03. The van der Waals surface area contributed by atoms with Gasteiger partial charge in [0.2, 0.25) is 0 Å². The lowest BCUT2D eigenvalue weighted by Crippen LogP contribution is -2.23. The molecule has 106 valence electrons. The van der Waals surface area contributed by atoms with Gasteiger partial charge >= 0.3 is 0 Å². The molecule has 1 aromatic carbocycles. The summed E-state index contributed by atoms with van der Waals surface area (Å²) in [6.45, 7) is 1.58. The molecule has 0 spiro atoms. The molecule has 0 aliphatic rings. The number of ether oxygens (including phenoxy) is 2. The molecule has 1 rings (SSSR count). The summed E-state index contributed by atoms with van der Waals surface area (Å²) in [4.78, 5) is 10.1. The highest BCUT2D eigenvalue weighted by Crippen LogP contribution is 2.29. The molecule has 7 nitrogen and oxygen atoms in total. The predicted octanol–water partition coefficient (Wildman–Crippen LogP) is 1.03. The number of rotatable bonds is 7. The molecule has 2 N–H and O–H groups in total. The van der Waals surface area contributed by atoms with Crippen molar-refractivity contribution in [3.05, 3.63) is 33.9 Å². The maximum Gasteiger partial charge on any atom is 0.270 e. The second-order valence-electron chi connectivity index (χ2n) is 4.08. The standard InChI is InChI=1S/C12H17NO6/c1-8(14)11-5-9(13(16)17)3-4-12(11)19-7-10(15)6-18-2/h3-5,8,10,14-15H,6-7H2,1-2H3/t8-,10?/m0/s1. The molecule has 0 saturated carbocycles. The maximum absolute atomic E-state index is 10.7. The maximum atomic E-state index is 10.7. The predicted molar refractivity (Wildman–Crippen MR) is 67.1 cm³/mol. The minimum absolute atomic E-state index is 0.0224. The lowest BCUT2D eigenvalue weighted by atomic mass is 10.1. The Bertz CT molecular complexity index is 434. The van der Waals surface area contributed by atoms with E-state index in [1.54, 1.807) is 0 Å². The largest absolute Gasteiger partial charge is 0.490 e. The number of benzene rings is 1. The van der Waals surface area contributed by atoms with Crippen LogP contribution in [0.5, 0.6) is 5.75 Å². The SMILES string of the molecule is COCC(O)COc1ccc([N+](=O)[O-])cc1[C@H](C)O. The third-order valence-electron chi connectivity index (χ3n) is 2.44. The Morgan fingerprint density at radius 2 is 2.05 bits per heavy atom. The van der Waals surface area contributed by atoms with Crippen molar-refractivity contribution in [3.8, 4) is 5.75 Å². The van der Waals surface area contributed by atoms with Gasteiger partial charge in [-0.15, -0.1) is 0 Å². The Morgan fingerprint density at radius 3 is 2.58 bits per heavy atom. The van der Waals surface area contributed by atoms with E-state index in [1.807, 2.05) is 0 Å². The number of hydrogen-bond acceptors (Lipinski definition) is 6.